The van der Waals surface area contributed by atoms with Crippen molar-refractivity contribution in [2.45, 2.75) is 26.8 Å². The third-order valence-corrected chi connectivity index (χ3v) is 4.38. The quantitative estimate of drug-likeness (QED) is 0.527. The number of amides is 1. The lowest BCUT2D eigenvalue weighted by Crippen LogP contribution is -2.32. The fourth-order valence-electron chi connectivity index (χ4n) is 3.11. The van der Waals surface area contributed by atoms with Gasteiger partial charge in [-0.15, -0.1) is 0 Å². The van der Waals surface area contributed by atoms with Gasteiger partial charge in [0.2, 0.25) is 0 Å². The second-order valence-corrected chi connectivity index (χ2v) is 6.42. The van der Waals surface area contributed by atoms with E-state index in [2.05, 4.69) is 15.5 Å². The molecule has 28 heavy (non-hydrogen) atoms. The van der Waals surface area contributed by atoms with Gasteiger partial charge < -0.3 is 14.4 Å². The number of rotatable bonds is 4. The van der Waals surface area contributed by atoms with Crippen LogP contribution in [0.15, 0.2) is 45.8 Å². The summed E-state index contributed by atoms with van der Waals surface area (Å²) in [7, 11) is 0. The average molecular weight is 378 g/mol. The van der Waals surface area contributed by atoms with E-state index in [1.54, 1.807) is 42.0 Å². The van der Waals surface area contributed by atoms with E-state index in [9.17, 15) is 9.59 Å². The van der Waals surface area contributed by atoms with E-state index in [1.807, 2.05) is 6.92 Å². The molecular formula is C19H18N6O3. The molecule has 4 aromatic rings. The van der Waals surface area contributed by atoms with Gasteiger partial charge in [-0.3, -0.25) is 19.4 Å². The summed E-state index contributed by atoms with van der Waals surface area (Å²) >= 11 is 0. The van der Waals surface area contributed by atoms with Crippen molar-refractivity contribution in [3.8, 4) is 0 Å². The van der Waals surface area contributed by atoms with Crippen molar-refractivity contribution in [3.63, 3.8) is 0 Å². The van der Waals surface area contributed by atoms with Crippen LogP contribution in [-0.4, -0.2) is 25.0 Å². The van der Waals surface area contributed by atoms with Crippen molar-refractivity contribution in [2.75, 3.05) is 5.32 Å². The summed E-state index contributed by atoms with van der Waals surface area (Å²) < 4.78 is 7.96. The van der Waals surface area contributed by atoms with Crippen LogP contribution in [0.5, 0.6) is 0 Å². The summed E-state index contributed by atoms with van der Waals surface area (Å²) in [6, 6.07) is 8.25. The van der Waals surface area contributed by atoms with Crippen molar-refractivity contribution < 1.29 is 9.32 Å². The normalized spacial score (nSPS) is 11.2. The van der Waals surface area contributed by atoms with Gasteiger partial charge in [0, 0.05) is 18.8 Å². The number of nitrogens with zero attached hydrogens (tertiary/aromatic N) is 4. The van der Waals surface area contributed by atoms with Crippen LogP contribution >= 0.6 is 0 Å². The number of aryl methyl sites for hydroxylation is 2. The molecule has 142 valence electrons. The maximum atomic E-state index is 13.0. The molecule has 1 amide bonds. The van der Waals surface area contributed by atoms with E-state index in [4.69, 9.17) is 9.93 Å². The number of hydrogen-bond donors (Lipinski definition) is 2. The van der Waals surface area contributed by atoms with Crippen LogP contribution in [0.1, 0.15) is 29.5 Å². The second-order valence-electron chi connectivity index (χ2n) is 6.42. The fourth-order valence-corrected chi connectivity index (χ4v) is 3.11. The number of nitrogens with one attached hydrogen (secondary N) is 2. The fraction of sp³-hybridized carbons (Fsp3) is 0.211. The highest BCUT2D eigenvalue weighted by Crippen LogP contribution is 2.13. The average Bonchev–Trinajstić information content (AvgIpc) is 3.09. The predicted octanol–water partition coefficient (Wildman–Crippen LogP) is 2.09. The zero-order chi connectivity index (χ0) is 19.8. The van der Waals surface area contributed by atoms with E-state index >= 15 is 0 Å². The van der Waals surface area contributed by atoms with Crippen molar-refractivity contribution in [2.24, 2.45) is 0 Å². The Hall–Kier alpha value is -3.75. The Morgan fingerprint density at radius 3 is 2.86 bits per heavy atom. The minimum Gasteiger partial charge on any atom is -0.360 e. The Morgan fingerprint density at radius 1 is 1.32 bits per heavy atom. The molecule has 0 fully saturated rings. The minimum absolute atomic E-state index is 0.0146. The number of hydrogen-bond acceptors (Lipinski definition) is 6. The zero-order valence-electron chi connectivity index (χ0n) is 15.4. The smallest absolute Gasteiger partial charge is 0.267 e. The maximum Gasteiger partial charge on any atom is 0.267 e. The molecule has 4 heterocycles. The number of anilines is 1. The number of fused-ring (bicyclic) bond motifs is 2. The molecule has 0 aliphatic carbocycles. The molecule has 0 atom stereocenters. The monoisotopic (exact) mass is 378 g/mol. The lowest BCUT2D eigenvalue weighted by molar-refractivity contribution is 0.102. The molecule has 0 aliphatic heterocycles. The summed E-state index contributed by atoms with van der Waals surface area (Å²) in [4.78, 5) is 30.3. The van der Waals surface area contributed by atoms with Gasteiger partial charge in [-0.1, -0.05) is 18.1 Å². The SMILES string of the molecule is CCCn1c(=N)c(C(=O)Nc2cc(C)on2)cc2c(=O)n3ccccc3nc21. The van der Waals surface area contributed by atoms with E-state index < -0.39 is 5.91 Å². The molecular weight excluding hydrogens is 360 g/mol. The van der Waals surface area contributed by atoms with E-state index in [1.165, 1.54) is 10.5 Å². The van der Waals surface area contributed by atoms with Crippen LogP contribution in [0.2, 0.25) is 0 Å². The summed E-state index contributed by atoms with van der Waals surface area (Å²) in [6.07, 6.45) is 2.34. The van der Waals surface area contributed by atoms with E-state index in [0.29, 0.717) is 23.6 Å². The number of aromatic nitrogens is 4. The summed E-state index contributed by atoms with van der Waals surface area (Å²) in [5.41, 5.74) is 0.629. The van der Waals surface area contributed by atoms with E-state index in [0.717, 1.165) is 6.42 Å². The number of pyridine rings is 2. The van der Waals surface area contributed by atoms with Crippen molar-refractivity contribution in [1.29, 1.82) is 5.41 Å². The Labute approximate surface area is 158 Å². The second kappa shape index (κ2) is 6.76. The highest BCUT2D eigenvalue weighted by molar-refractivity contribution is 6.05. The maximum absolute atomic E-state index is 13.0. The molecule has 0 aromatic carbocycles. The van der Waals surface area contributed by atoms with Gasteiger partial charge in [-0.2, -0.15) is 0 Å². The van der Waals surface area contributed by atoms with Gasteiger partial charge in [-0.05, 0) is 31.5 Å². The largest absolute Gasteiger partial charge is 0.360 e. The van der Waals surface area contributed by atoms with Gasteiger partial charge >= 0.3 is 0 Å². The predicted molar refractivity (Wildman–Crippen MR) is 102 cm³/mol. The minimum atomic E-state index is -0.539. The third-order valence-electron chi connectivity index (χ3n) is 4.38. The van der Waals surface area contributed by atoms with E-state index in [-0.39, 0.29) is 27.8 Å². The van der Waals surface area contributed by atoms with Crippen LogP contribution in [0.3, 0.4) is 0 Å². The molecule has 4 rings (SSSR count). The molecule has 9 nitrogen and oxygen atoms in total. The van der Waals surface area contributed by atoms with Crippen LogP contribution < -0.4 is 16.4 Å². The van der Waals surface area contributed by atoms with Crippen LogP contribution in [-0.2, 0) is 6.54 Å². The highest BCUT2D eigenvalue weighted by atomic mass is 16.5. The zero-order valence-corrected chi connectivity index (χ0v) is 15.4. The molecule has 0 aliphatic rings. The lowest BCUT2D eigenvalue weighted by atomic mass is 10.2. The first-order chi connectivity index (χ1) is 13.5. The van der Waals surface area contributed by atoms with Crippen molar-refractivity contribution in [1.82, 2.24) is 19.1 Å². The first-order valence-corrected chi connectivity index (χ1v) is 8.84. The van der Waals surface area contributed by atoms with Crippen LogP contribution in [0, 0.1) is 12.3 Å². The number of carbonyl (C=O) groups is 1. The standard InChI is InChI=1S/C19H18N6O3/c1-3-7-25-16(20)12(18(26)21-14-9-11(2)28-23-14)10-13-17(25)22-15-6-4-5-8-24(15)19(13)27/h4-6,8-10,20H,3,7H2,1-2H3,(H,21,23,26). The van der Waals surface area contributed by atoms with Gasteiger partial charge in [0.05, 0.1) is 10.9 Å². The summed E-state index contributed by atoms with van der Waals surface area (Å²) in [5, 5.41) is 15.1. The first kappa shape index (κ1) is 17.7. The van der Waals surface area contributed by atoms with Crippen molar-refractivity contribution >= 4 is 28.4 Å². The molecule has 2 N–H and O–H groups in total. The first-order valence-electron chi connectivity index (χ1n) is 8.84. The van der Waals surface area contributed by atoms with Gasteiger partial charge in [0.25, 0.3) is 11.5 Å². The summed E-state index contributed by atoms with van der Waals surface area (Å²) in [5.74, 6) is 0.259. The topological polar surface area (TPSA) is 118 Å². The Balaban J connectivity index is 1.96. The Bertz CT molecular complexity index is 1330. The molecule has 4 aromatic heterocycles. The van der Waals surface area contributed by atoms with Gasteiger partial charge in [0.1, 0.15) is 22.5 Å². The highest BCUT2D eigenvalue weighted by Gasteiger charge is 2.18. The molecule has 0 radical (unpaired) electrons. The van der Waals surface area contributed by atoms with Crippen molar-refractivity contribution in [3.05, 3.63) is 63.7 Å². The molecule has 0 spiro atoms. The summed E-state index contributed by atoms with van der Waals surface area (Å²) in [6.45, 7) is 4.12. The van der Waals surface area contributed by atoms with Gasteiger partial charge in [-0.25, -0.2) is 4.98 Å². The molecule has 0 saturated heterocycles. The van der Waals surface area contributed by atoms with Crippen LogP contribution in [0.25, 0.3) is 16.7 Å². The molecule has 0 bridgehead atoms. The molecule has 9 heteroatoms. The Morgan fingerprint density at radius 2 is 2.14 bits per heavy atom. The molecule has 0 saturated carbocycles. The molecule has 0 unspecified atom stereocenters. The van der Waals surface area contributed by atoms with Crippen LogP contribution in [0.4, 0.5) is 5.82 Å². The third kappa shape index (κ3) is 2.86. The Kier molecular flexibility index (Phi) is 4.26. The van der Waals surface area contributed by atoms with Gasteiger partial charge in [0.15, 0.2) is 5.82 Å². The lowest BCUT2D eigenvalue weighted by Gasteiger charge is -2.13. The number of carbonyl (C=O) groups excluding carboxylic acids is 1.